The van der Waals surface area contributed by atoms with Crippen LogP contribution >= 0.6 is 0 Å². The Labute approximate surface area is 68.4 Å². The fraction of sp³-hybridized carbons (Fsp3) is 0. The molecule has 0 fully saturated rings. The Hall–Kier alpha value is -0.752. The Bertz CT molecular complexity index is 222. The van der Waals surface area contributed by atoms with E-state index in [1.54, 1.807) is 12.1 Å². The van der Waals surface area contributed by atoms with Crippen molar-refractivity contribution in [1.29, 1.82) is 0 Å². The minimum atomic E-state index is -0.0133. The Balaban J connectivity index is 2.85. The first kappa shape index (κ1) is 7.36. The van der Waals surface area contributed by atoms with Gasteiger partial charge >= 0.3 is 67.9 Å². The molecule has 0 bridgehead atoms. The van der Waals surface area contributed by atoms with Crippen molar-refractivity contribution in [2.75, 3.05) is 0 Å². The molecule has 10 heavy (non-hydrogen) atoms. The second-order valence-electron chi connectivity index (χ2n) is 1.84. The second kappa shape index (κ2) is 3.43. The van der Waals surface area contributed by atoms with Crippen molar-refractivity contribution in [3.8, 4) is 0 Å². The summed E-state index contributed by atoms with van der Waals surface area (Å²) in [5.41, 5.74) is 0.715. The molecule has 52 valence electrons. The number of benzene rings is 1. The standard InChI is InChI=1S/C7H8AsNO/c8-9-7(10)6-4-2-1-3-5-6/h1-5H,8H2,(H,9,10). The van der Waals surface area contributed by atoms with Crippen molar-refractivity contribution < 1.29 is 4.79 Å². The fourth-order valence-electron chi connectivity index (χ4n) is 0.673. The molecule has 0 aromatic heterocycles. The molecule has 0 aliphatic rings. The van der Waals surface area contributed by atoms with Gasteiger partial charge in [0.1, 0.15) is 0 Å². The summed E-state index contributed by atoms with van der Waals surface area (Å²) in [4.78, 5) is 10.9. The van der Waals surface area contributed by atoms with Gasteiger partial charge in [0.05, 0.1) is 0 Å². The third kappa shape index (κ3) is 1.61. The van der Waals surface area contributed by atoms with Gasteiger partial charge in [0.25, 0.3) is 0 Å². The third-order valence-corrected chi connectivity index (χ3v) is 1.72. The van der Waals surface area contributed by atoms with Gasteiger partial charge in [0.15, 0.2) is 0 Å². The molecule has 1 aromatic rings. The van der Waals surface area contributed by atoms with Crippen molar-refractivity contribution in [3.05, 3.63) is 35.9 Å². The summed E-state index contributed by atoms with van der Waals surface area (Å²) in [6.07, 6.45) is 0. The van der Waals surface area contributed by atoms with Crippen LogP contribution in [0.1, 0.15) is 10.4 Å². The van der Waals surface area contributed by atoms with E-state index in [9.17, 15) is 4.79 Å². The van der Waals surface area contributed by atoms with Gasteiger partial charge in [-0.25, -0.2) is 0 Å². The Kier molecular flexibility index (Phi) is 2.52. The Morgan fingerprint density at radius 1 is 1.30 bits per heavy atom. The molecule has 0 heterocycles. The van der Waals surface area contributed by atoms with E-state index in [1.807, 2.05) is 18.2 Å². The molecule has 1 unspecified atom stereocenters. The second-order valence-corrected chi connectivity index (χ2v) is 2.45. The molecule has 0 aliphatic heterocycles. The minimum absolute atomic E-state index is 0.0133. The predicted molar refractivity (Wildman–Crippen MR) is 42.5 cm³/mol. The zero-order chi connectivity index (χ0) is 7.40. The van der Waals surface area contributed by atoms with Crippen LogP contribution in [0.15, 0.2) is 30.3 Å². The monoisotopic (exact) mass is 197 g/mol. The van der Waals surface area contributed by atoms with Crippen LogP contribution in [0.3, 0.4) is 0 Å². The van der Waals surface area contributed by atoms with Crippen LogP contribution in [0.25, 0.3) is 0 Å². The molecule has 3 heteroatoms. The molecule has 2 nitrogen and oxygen atoms in total. The topological polar surface area (TPSA) is 29.1 Å². The zero-order valence-electron chi connectivity index (χ0n) is 5.37. The van der Waals surface area contributed by atoms with Gasteiger partial charge in [-0.15, -0.1) is 0 Å². The molecule has 0 aliphatic carbocycles. The van der Waals surface area contributed by atoms with Crippen LogP contribution < -0.4 is 4.23 Å². The van der Waals surface area contributed by atoms with E-state index >= 15 is 0 Å². The van der Waals surface area contributed by atoms with Crippen molar-refractivity contribution in [3.63, 3.8) is 0 Å². The number of hydrogen-bond acceptors (Lipinski definition) is 1. The third-order valence-electron chi connectivity index (χ3n) is 1.17. The summed E-state index contributed by atoms with van der Waals surface area (Å²) >= 11 is 1.21. The zero-order valence-corrected chi connectivity index (χ0v) is 7.79. The molecule has 1 N–H and O–H groups in total. The summed E-state index contributed by atoms with van der Waals surface area (Å²) in [6, 6.07) is 9.15. The molecule has 0 saturated carbocycles. The Morgan fingerprint density at radius 2 is 1.90 bits per heavy atom. The maximum atomic E-state index is 10.9. The van der Waals surface area contributed by atoms with Gasteiger partial charge in [-0.05, 0) is 0 Å². The van der Waals surface area contributed by atoms with Crippen LogP contribution in [0, 0.1) is 0 Å². The summed E-state index contributed by atoms with van der Waals surface area (Å²) in [6.45, 7) is 0. The van der Waals surface area contributed by atoms with Crippen molar-refractivity contribution in [1.82, 2.24) is 4.23 Å². The first-order valence-corrected chi connectivity index (χ1v) is 4.11. The summed E-state index contributed by atoms with van der Waals surface area (Å²) in [5, 5.41) is 0. The average molecular weight is 197 g/mol. The van der Waals surface area contributed by atoms with Crippen molar-refractivity contribution in [2.45, 2.75) is 0 Å². The van der Waals surface area contributed by atoms with Crippen LogP contribution in [-0.4, -0.2) is 23.0 Å². The molecule has 1 amide bonds. The van der Waals surface area contributed by atoms with Gasteiger partial charge in [0, 0.05) is 0 Å². The molecule has 1 rings (SSSR count). The number of carbonyl (C=O) groups excluding carboxylic acids is 1. The van der Waals surface area contributed by atoms with E-state index in [4.69, 9.17) is 0 Å². The quantitative estimate of drug-likeness (QED) is 0.629. The molecule has 0 saturated heterocycles. The van der Waals surface area contributed by atoms with E-state index in [0.29, 0.717) is 5.56 Å². The number of amides is 1. The van der Waals surface area contributed by atoms with Crippen LogP contribution in [0.5, 0.6) is 0 Å². The van der Waals surface area contributed by atoms with Gasteiger partial charge in [-0.3, -0.25) is 0 Å². The van der Waals surface area contributed by atoms with Gasteiger partial charge in [-0.2, -0.15) is 0 Å². The fourth-order valence-corrected chi connectivity index (χ4v) is 1.02. The summed E-state index contributed by atoms with van der Waals surface area (Å²) in [7, 11) is 0. The van der Waals surface area contributed by atoms with Gasteiger partial charge in [-0.1, -0.05) is 0 Å². The van der Waals surface area contributed by atoms with E-state index in [2.05, 4.69) is 4.23 Å². The number of rotatable bonds is 1. The molecular weight excluding hydrogens is 189 g/mol. The molecule has 1 atom stereocenters. The van der Waals surface area contributed by atoms with E-state index in [-0.39, 0.29) is 5.91 Å². The van der Waals surface area contributed by atoms with Crippen molar-refractivity contribution >= 4 is 23.0 Å². The van der Waals surface area contributed by atoms with Crippen LogP contribution in [0.4, 0.5) is 0 Å². The maximum absolute atomic E-state index is 10.9. The first-order valence-electron chi connectivity index (χ1n) is 2.90. The van der Waals surface area contributed by atoms with E-state index in [0.717, 1.165) is 0 Å². The van der Waals surface area contributed by atoms with Crippen molar-refractivity contribution in [2.24, 2.45) is 0 Å². The van der Waals surface area contributed by atoms with Crippen LogP contribution in [-0.2, 0) is 0 Å². The van der Waals surface area contributed by atoms with Gasteiger partial charge < -0.3 is 0 Å². The SMILES string of the molecule is O=C(N[AsH2])c1ccccc1. The normalized spacial score (nSPS) is 8.90. The Morgan fingerprint density at radius 3 is 2.40 bits per heavy atom. The summed E-state index contributed by atoms with van der Waals surface area (Å²) < 4.78 is 2.60. The molecular formula is C7H8AsNO. The number of carbonyl (C=O) groups is 1. The van der Waals surface area contributed by atoms with E-state index < -0.39 is 0 Å². The molecule has 0 radical (unpaired) electrons. The molecule has 0 spiro atoms. The van der Waals surface area contributed by atoms with Gasteiger partial charge in [0.2, 0.25) is 0 Å². The van der Waals surface area contributed by atoms with E-state index in [1.165, 1.54) is 17.1 Å². The predicted octanol–water partition coefficient (Wildman–Crippen LogP) is -0.0355. The summed E-state index contributed by atoms with van der Waals surface area (Å²) in [5.74, 6) is -0.0133. The number of nitrogens with one attached hydrogen (secondary N) is 1. The first-order chi connectivity index (χ1) is 4.84. The molecule has 1 aromatic carbocycles. The average Bonchev–Trinajstić information content (AvgIpc) is 2.05. The van der Waals surface area contributed by atoms with Crippen LogP contribution in [0.2, 0.25) is 0 Å². The number of hydrogen-bond donors (Lipinski definition) is 1.